The molecule has 1 unspecified atom stereocenters. The van der Waals surface area contributed by atoms with Crippen LogP contribution in [-0.4, -0.2) is 28.0 Å². The molecule has 6 heteroatoms. The SMILES string of the molecule is CC1CCCN(c2nc(N)nc(Cl)n2)CC1. The minimum absolute atomic E-state index is 0.166. The van der Waals surface area contributed by atoms with Crippen molar-refractivity contribution in [2.24, 2.45) is 5.92 Å². The Hall–Kier alpha value is -1.10. The lowest BCUT2D eigenvalue weighted by Gasteiger charge is -2.20. The van der Waals surface area contributed by atoms with E-state index < -0.39 is 0 Å². The van der Waals surface area contributed by atoms with Crippen molar-refractivity contribution in [2.75, 3.05) is 23.7 Å². The van der Waals surface area contributed by atoms with Crippen molar-refractivity contribution in [3.05, 3.63) is 5.28 Å². The van der Waals surface area contributed by atoms with Gasteiger partial charge >= 0.3 is 0 Å². The average molecular weight is 242 g/mol. The molecule has 1 aliphatic heterocycles. The van der Waals surface area contributed by atoms with Crippen molar-refractivity contribution in [1.82, 2.24) is 15.0 Å². The van der Waals surface area contributed by atoms with Gasteiger partial charge in [-0.05, 0) is 36.8 Å². The molecule has 5 nitrogen and oxygen atoms in total. The Labute approximate surface area is 100 Å². The molecule has 2 N–H and O–H groups in total. The smallest absolute Gasteiger partial charge is 0.231 e. The highest BCUT2D eigenvalue weighted by molar-refractivity contribution is 6.28. The van der Waals surface area contributed by atoms with Crippen LogP contribution in [-0.2, 0) is 0 Å². The molecular weight excluding hydrogens is 226 g/mol. The molecule has 88 valence electrons. The summed E-state index contributed by atoms with van der Waals surface area (Å²) in [6, 6.07) is 0. The summed E-state index contributed by atoms with van der Waals surface area (Å²) >= 11 is 5.77. The lowest BCUT2D eigenvalue weighted by atomic mass is 10.0. The second kappa shape index (κ2) is 4.82. The third-order valence-corrected chi connectivity index (χ3v) is 3.08. The number of hydrogen-bond donors (Lipinski definition) is 1. The average Bonchev–Trinajstić information content (AvgIpc) is 2.41. The van der Waals surface area contributed by atoms with Crippen molar-refractivity contribution in [3.8, 4) is 0 Å². The fourth-order valence-corrected chi connectivity index (χ4v) is 2.12. The van der Waals surface area contributed by atoms with E-state index in [2.05, 4.69) is 26.8 Å². The minimum atomic E-state index is 0.166. The normalized spacial score (nSPS) is 21.9. The summed E-state index contributed by atoms with van der Waals surface area (Å²) in [4.78, 5) is 14.1. The van der Waals surface area contributed by atoms with Crippen LogP contribution >= 0.6 is 11.6 Å². The Bertz CT molecular complexity index is 350. The van der Waals surface area contributed by atoms with Gasteiger partial charge in [-0.3, -0.25) is 0 Å². The van der Waals surface area contributed by atoms with Crippen molar-refractivity contribution in [3.63, 3.8) is 0 Å². The van der Waals surface area contributed by atoms with E-state index in [1.54, 1.807) is 0 Å². The summed E-state index contributed by atoms with van der Waals surface area (Å²) in [5, 5.41) is 0.166. The Morgan fingerprint density at radius 1 is 1.25 bits per heavy atom. The lowest BCUT2D eigenvalue weighted by Crippen LogP contribution is -2.26. The van der Waals surface area contributed by atoms with E-state index in [-0.39, 0.29) is 11.2 Å². The van der Waals surface area contributed by atoms with Gasteiger partial charge in [0.15, 0.2) is 0 Å². The van der Waals surface area contributed by atoms with Crippen LogP contribution in [0.5, 0.6) is 0 Å². The standard InChI is InChI=1S/C10H16ClN5/c1-7-3-2-5-16(6-4-7)10-14-8(11)13-9(12)15-10/h7H,2-6H2,1H3,(H2,12,13,14,15). The zero-order chi connectivity index (χ0) is 11.5. The van der Waals surface area contributed by atoms with Gasteiger partial charge in [0.05, 0.1) is 0 Å². The van der Waals surface area contributed by atoms with E-state index in [1.165, 1.54) is 6.42 Å². The fraction of sp³-hybridized carbons (Fsp3) is 0.700. The van der Waals surface area contributed by atoms with Gasteiger partial charge in [-0.1, -0.05) is 6.92 Å². The predicted molar refractivity (Wildman–Crippen MR) is 64.5 cm³/mol. The Balaban J connectivity index is 2.16. The fourth-order valence-electron chi connectivity index (χ4n) is 1.96. The van der Waals surface area contributed by atoms with Crippen LogP contribution in [0.15, 0.2) is 0 Å². The molecule has 0 amide bonds. The summed E-state index contributed by atoms with van der Waals surface area (Å²) < 4.78 is 0. The first kappa shape index (κ1) is 11.4. The largest absolute Gasteiger partial charge is 0.368 e. The number of rotatable bonds is 1. The second-order valence-electron chi connectivity index (χ2n) is 4.29. The Morgan fingerprint density at radius 2 is 2.06 bits per heavy atom. The van der Waals surface area contributed by atoms with Gasteiger partial charge < -0.3 is 10.6 Å². The number of nitrogen functional groups attached to an aromatic ring is 1. The van der Waals surface area contributed by atoms with Crippen LogP contribution in [0.3, 0.4) is 0 Å². The summed E-state index contributed by atoms with van der Waals surface area (Å²) in [7, 11) is 0. The molecule has 1 aromatic rings. The van der Waals surface area contributed by atoms with Gasteiger partial charge in [-0.15, -0.1) is 0 Å². The van der Waals surface area contributed by atoms with E-state index in [0.29, 0.717) is 5.95 Å². The molecule has 16 heavy (non-hydrogen) atoms. The number of nitrogens with two attached hydrogens (primary N) is 1. The second-order valence-corrected chi connectivity index (χ2v) is 4.62. The number of halogens is 1. The van der Waals surface area contributed by atoms with Crippen molar-refractivity contribution >= 4 is 23.5 Å². The summed E-state index contributed by atoms with van der Waals surface area (Å²) in [5.41, 5.74) is 5.56. The van der Waals surface area contributed by atoms with Crippen LogP contribution in [0.25, 0.3) is 0 Å². The van der Waals surface area contributed by atoms with Gasteiger partial charge in [-0.25, -0.2) is 0 Å². The maximum Gasteiger partial charge on any atom is 0.231 e. The quantitative estimate of drug-likeness (QED) is 0.811. The number of aromatic nitrogens is 3. The highest BCUT2D eigenvalue weighted by Crippen LogP contribution is 2.20. The van der Waals surface area contributed by atoms with Gasteiger partial charge in [0.1, 0.15) is 0 Å². The van der Waals surface area contributed by atoms with Crippen molar-refractivity contribution < 1.29 is 0 Å². The maximum atomic E-state index is 5.77. The van der Waals surface area contributed by atoms with E-state index in [0.717, 1.165) is 31.8 Å². The molecule has 2 rings (SSSR count). The summed E-state index contributed by atoms with van der Waals surface area (Å²) in [6.45, 7) is 4.20. The molecule has 0 spiro atoms. The molecule has 0 radical (unpaired) electrons. The molecule has 1 aliphatic rings. The van der Waals surface area contributed by atoms with Gasteiger partial charge in [-0.2, -0.15) is 15.0 Å². The van der Waals surface area contributed by atoms with E-state index >= 15 is 0 Å². The molecule has 1 atom stereocenters. The summed E-state index contributed by atoms with van der Waals surface area (Å²) in [6.07, 6.45) is 3.57. The van der Waals surface area contributed by atoms with Gasteiger partial charge in [0, 0.05) is 13.1 Å². The summed E-state index contributed by atoms with van der Waals surface area (Å²) in [5.74, 6) is 1.55. The van der Waals surface area contributed by atoms with Crippen molar-refractivity contribution in [2.45, 2.75) is 26.2 Å². The number of anilines is 2. The Morgan fingerprint density at radius 3 is 2.81 bits per heavy atom. The van der Waals surface area contributed by atoms with Gasteiger partial charge in [0.25, 0.3) is 0 Å². The molecule has 1 saturated heterocycles. The predicted octanol–water partition coefficient (Wildman–Crippen LogP) is 1.73. The first-order chi connectivity index (χ1) is 7.65. The van der Waals surface area contributed by atoms with Crippen LogP contribution in [0, 0.1) is 5.92 Å². The van der Waals surface area contributed by atoms with Crippen LogP contribution in [0.1, 0.15) is 26.2 Å². The van der Waals surface area contributed by atoms with Crippen LogP contribution in [0.4, 0.5) is 11.9 Å². The van der Waals surface area contributed by atoms with Gasteiger partial charge in [0.2, 0.25) is 17.2 Å². The third-order valence-electron chi connectivity index (χ3n) is 2.91. The van der Waals surface area contributed by atoms with E-state index in [4.69, 9.17) is 17.3 Å². The molecule has 0 aliphatic carbocycles. The molecule has 2 heterocycles. The Kier molecular flexibility index (Phi) is 3.43. The van der Waals surface area contributed by atoms with E-state index in [1.807, 2.05) is 0 Å². The molecule has 0 saturated carbocycles. The molecule has 1 fully saturated rings. The first-order valence-electron chi connectivity index (χ1n) is 5.57. The zero-order valence-electron chi connectivity index (χ0n) is 9.36. The van der Waals surface area contributed by atoms with Crippen LogP contribution in [0.2, 0.25) is 5.28 Å². The highest BCUT2D eigenvalue weighted by Gasteiger charge is 2.17. The molecule has 0 aromatic carbocycles. The topological polar surface area (TPSA) is 67.9 Å². The van der Waals surface area contributed by atoms with E-state index in [9.17, 15) is 0 Å². The van der Waals surface area contributed by atoms with Crippen LogP contribution < -0.4 is 10.6 Å². The highest BCUT2D eigenvalue weighted by atomic mass is 35.5. The zero-order valence-corrected chi connectivity index (χ0v) is 10.1. The number of nitrogens with zero attached hydrogens (tertiary/aromatic N) is 4. The molecular formula is C10H16ClN5. The first-order valence-corrected chi connectivity index (χ1v) is 5.95. The monoisotopic (exact) mass is 241 g/mol. The maximum absolute atomic E-state index is 5.77. The lowest BCUT2D eigenvalue weighted by molar-refractivity contribution is 0.521. The third kappa shape index (κ3) is 2.72. The minimum Gasteiger partial charge on any atom is -0.368 e. The molecule has 0 bridgehead atoms. The van der Waals surface area contributed by atoms with Crippen molar-refractivity contribution in [1.29, 1.82) is 0 Å². The molecule has 1 aromatic heterocycles. The number of hydrogen-bond acceptors (Lipinski definition) is 5.